The summed E-state index contributed by atoms with van der Waals surface area (Å²) in [5.41, 5.74) is 2.48. The molecule has 2 heterocycles. The van der Waals surface area contributed by atoms with E-state index in [9.17, 15) is 4.79 Å². The van der Waals surface area contributed by atoms with Gasteiger partial charge in [-0.05, 0) is 30.9 Å². The first-order chi connectivity index (χ1) is 13.3. The van der Waals surface area contributed by atoms with Crippen molar-refractivity contribution in [2.75, 3.05) is 26.3 Å². The second kappa shape index (κ2) is 8.89. The number of nitrogens with zero attached hydrogens (tertiary/aromatic N) is 1. The maximum Gasteiger partial charge on any atom is 0.224 e. The van der Waals surface area contributed by atoms with Gasteiger partial charge in [-0.25, -0.2) is 0 Å². The van der Waals surface area contributed by atoms with Gasteiger partial charge in [-0.3, -0.25) is 4.79 Å². The summed E-state index contributed by atoms with van der Waals surface area (Å²) in [5, 5.41) is 4.70. The molecule has 146 valence electrons. The van der Waals surface area contributed by atoms with Gasteiger partial charge in [0.05, 0.1) is 13.2 Å². The highest BCUT2D eigenvalue weighted by molar-refractivity contribution is 5.83. The first kappa shape index (κ1) is 18.5. The minimum absolute atomic E-state index is 0.158. The van der Waals surface area contributed by atoms with Crippen molar-refractivity contribution in [3.63, 3.8) is 0 Å². The molecule has 2 aromatic rings. The van der Waals surface area contributed by atoms with Crippen molar-refractivity contribution in [3.8, 4) is 0 Å². The number of para-hydroxylation sites is 1. The minimum atomic E-state index is 0.158. The highest BCUT2D eigenvalue weighted by atomic mass is 16.5. The number of carbonyl (C=O) groups excluding carboxylic acids is 1. The molecule has 5 nitrogen and oxygen atoms in total. The molecule has 0 radical (unpaired) electrons. The molecule has 1 saturated carbocycles. The van der Waals surface area contributed by atoms with E-state index in [1.54, 1.807) is 0 Å². The predicted molar refractivity (Wildman–Crippen MR) is 108 cm³/mol. The topological polar surface area (TPSA) is 57.4 Å². The molecule has 0 bridgehead atoms. The summed E-state index contributed by atoms with van der Waals surface area (Å²) in [6, 6.07) is 8.97. The highest BCUT2D eigenvalue weighted by Gasteiger charge is 2.27. The fourth-order valence-electron chi connectivity index (χ4n) is 4.56. The van der Waals surface area contributed by atoms with Crippen LogP contribution in [0.15, 0.2) is 30.5 Å². The number of benzene rings is 1. The van der Waals surface area contributed by atoms with Gasteiger partial charge in [0.25, 0.3) is 0 Å². The van der Waals surface area contributed by atoms with E-state index in [-0.39, 0.29) is 11.9 Å². The SMILES string of the molecule is O=C(C[C@@H]1COCCN1)N(CCc1c[nH]c2ccccc12)C1CCCCC1. The quantitative estimate of drug-likeness (QED) is 0.822. The van der Waals surface area contributed by atoms with Crippen LogP contribution in [0, 0.1) is 0 Å². The fourth-order valence-corrected chi connectivity index (χ4v) is 4.56. The molecule has 1 aliphatic heterocycles. The zero-order chi connectivity index (χ0) is 18.5. The Hall–Kier alpha value is -1.85. The van der Waals surface area contributed by atoms with Crippen LogP contribution in [0.1, 0.15) is 44.1 Å². The number of ether oxygens (including phenoxy) is 1. The zero-order valence-corrected chi connectivity index (χ0v) is 16.1. The maximum absolute atomic E-state index is 13.2. The first-order valence-electron chi connectivity index (χ1n) is 10.5. The van der Waals surface area contributed by atoms with Gasteiger partial charge in [0.1, 0.15) is 0 Å². The average molecular weight is 370 g/mol. The van der Waals surface area contributed by atoms with Crippen LogP contribution < -0.4 is 5.32 Å². The Kier molecular flexibility index (Phi) is 6.10. The lowest BCUT2D eigenvalue weighted by molar-refractivity contribution is -0.135. The van der Waals surface area contributed by atoms with Crippen molar-refractivity contribution in [2.24, 2.45) is 0 Å². The van der Waals surface area contributed by atoms with Crippen molar-refractivity contribution in [1.82, 2.24) is 15.2 Å². The Balaban J connectivity index is 1.44. The minimum Gasteiger partial charge on any atom is -0.378 e. The second-order valence-corrected chi connectivity index (χ2v) is 7.92. The summed E-state index contributed by atoms with van der Waals surface area (Å²) in [7, 11) is 0. The number of rotatable bonds is 6. The molecule has 2 fully saturated rings. The molecule has 1 aromatic carbocycles. The number of amides is 1. The molecule has 0 unspecified atom stereocenters. The lowest BCUT2D eigenvalue weighted by Gasteiger charge is -2.36. The van der Waals surface area contributed by atoms with E-state index in [0.29, 0.717) is 19.1 Å². The standard InChI is InChI=1S/C22H31N3O2/c26-22(14-18-16-27-13-11-23-18)25(19-6-2-1-3-7-19)12-10-17-15-24-21-9-5-4-8-20(17)21/h4-5,8-9,15,18-19,23-24H,1-3,6-7,10-14,16H2/t18-/m1/s1. The lowest BCUT2D eigenvalue weighted by Crippen LogP contribution is -2.48. The first-order valence-corrected chi connectivity index (χ1v) is 10.5. The Morgan fingerprint density at radius 2 is 2.04 bits per heavy atom. The number of fused-ring (bicyclic) bond motifs is 1. The second-order valence-electron chi connectivity index (χ2n) is 7.92. The van der Waals surface area contributed by atoms with Crippen LogP contribution >= 0.6 is 0 Å². The monoisotopic (exact) mass is 369 g/mol. The molecule has 1 amide bonds. The van der Waals surface area contributed by atoms with E-state index in [1.807, 2.05) is 0 Å². The normalized spacial score (nSPS) is 21.4. The summed E-state index contributed by atoms with van der Waals surface area (Å²) in [4.78, 5) is 18.7. The number of H-pyrrole nitrogens is 1. The van der Waals surface area contributed by atoms with Gasteiger partial charge >= 0.3 is 0 Å². The number of carbonyl (C=O) groups is 1. The summed E-state index contributed by atoms with van der Waals surface area (Å²) in [6.45, 7) is 3.04. The van der Waals surface area contributed by atoms with Crippen LogP contribution in [0.2, 0.25) is 0 Å². The Morgan fingerprint density at radius 1 is 1.19 bits per heavy atom. The van der Waals surface area contributed by atoms with Crippen LogP contribution in [-0.2, 0) is 16.0 Å². The third kappa shape index (κ3) is 4.53. The van der Waals surface area contributed by atoms with Gasteiger partial charge < -0.3 is 19.9 Å². The predicted octanol–water partition coefficient (Wildman–Crippen LogP) is 3.25. The van der Waals surface area contributed by atoms with E-state index in [4.69, 9.17) is 4.74 Å². The summed E-state index contributed by atoms with van der Waals surface area (Å²) in [5.74, 6) is 0.282. The van der Waals surface area contributed by atoms with Crippen molar-refractivity contribution in [3.05, 3.63) is 36.0 Å². The number of hydrogen-bond acceptors (Lipinski definition) is 3. The van der Waals surface area contributed by atoms with Crippen LogP contribution in [0.25, 0.3) is 10.9 Å². The van der Waals surface area contributed by atoms with E-state index in [0.717, 1.165) is 39.0 Å². The van der Waals surface area contributed by atoms with E-state index in [2.05, 4.69) is 45.7 Å². The molecule has 5 heteroatoms. The molecular weight excluding hydrogens is 338 g/mol. The smallest absolute Gasteiger partial charge is 0.224 e. The molecule has 27 heavy (non-hydrogen) atoms. The molecule has 1 saturated heterocycles. The number of hydrogen-bond donors (Lipinski definition) is 2. The highest BCUT2D eigenvalue weighted by Crippen LogP contribution is 2.25. The molecule has 4 rings (SSSR count). The van der Waals surface area contributed by atoms with Crippen molar-refractivity contribution < 1.29 is 9.53 Å². The lowest BCUT2D eigenvalue weighted by atomic mass is 9.93. The molecule has 2 N–H and O–H groups in total. The van der Waals surface area contributed by atoms with Gasteiger partial charge in [-0.15, -0.1) is 0 Å². The van der Waals surface area contributed by atoms with E-state index < -0.39 is 0 Å². The molecule has 1 aromatic heterocycles. The number of nitrogens with one attached hydrogen (secondary N) is 2. The Morgan fingerprint density at radius 3 is 2.85 bits per heavy atom. The van der Waals surface area contributed by atoms with Gasteiger partial charge in [-0.2, -0.15) is 0 Å². The van der Waals surface area contributed by atoms with Crippen molar-refractivity contribution >= 4 is 16.8 Å². The van der Waals surface area contributed by atoms with Crippen LogP contribution in [0.4, 0.5) is 0 Å². The van der Waals surface area contributed by atoms with E-state index >= 15 is 0 Å². The van der Waals surface area contributed by atoms with Crippen molar-refractivity contribution in [1.29, 1.82) is 0 Å². The van der Waals surface area contributed by atoms with Gasteiger partial charge in [0, 0.05) is 48.7 Å². The molecule has 0 spiro atoms. The molecule has 1 aliphatic carbocycles. The summed E-state index contributed by atoms with van der Waals surface area (Å²) in [6.07, 6.45) is 9.63. The zero-order valence-electron chi connectivity index (χ0n) is 16.1. The van der Waals surface area contributed by atoms with Crippen molar-refractivity contribution in [2.45, 2.75) is 57.0 Å². The Bertz CT molecular complexity index is 745. The fraction of sp³-hybridized carbons (Fsp3) is 0.591. The van der Waals surface area contributed by atoms with Crippen LogP contribution in [-0.4, -0.2) is 54.2 Å². The summed E-state index contributed by atoms with van der Waals surface area (Å²) >= 11 is 0. The third-order valence-electron chi connectivity index (χ3n) is 6.05. The maximum atomic E-state index is 13.2. The number of aromatic amines is 1. The molecule has 1 atom stereocenters. The van der Waals surface area contributed by atoms with Crippen LogP contribution in [0.3, 0.4) is 0 Å². The van der Waals surface area contributed by atoms with Crippen LogP contribution in [0.5, 0.6) is 0 Å². The molecular formula is C22H31N3O2. The Labute approximate surface area is 161 Å². The summed E-state index contributed by atoms with van der Waals surface area (Å²) < 4.78 is 5.54. The largest absolute Gasteiger partial charge is 0.378 e. The number of aromatic nitrogens is 1. The van der Waals surface area contributed by atoms with Gasteiger partial charge in [-0.1, -0.05) is 37.5 Å². The average Bonchev–Trinajstić information content (AvgIpc) is 3.13. The molecule has 2 aliphatic rings. The number of morpholine rings is 1. The van der Waals surface area contributed by atoms with E-state index in [1.165, 1.54) is 35.7 Å². The third-order valence-corrected chi connectivity index (χ3v) is 6.05. The van der Waals surface area contributed by atoms with Gasteiger partial charge in [0.15, 0.2) is 0 Å². The van der Waals surface area contributed by atoms with Gasteiger partial charge in [0.2, 0.25) is 5.91 Å².